The van der Waals surface area contributed by atoms with Crippen LogP contribution in [0.4, 0.5) is 5.82 Å². The molecule has 10 heteroatoms. The van der Waals surface area contributed by atoms with E-state index in [1.54, 1.807) is 29.3 Å². The number of amides is 1. The van der Waals surface area contributed by atoms with Crippen molar-refractivity contribution in [3.63, 3.8) is 0 Å². The van der Waals surface area contributed by atoms with Gasteiger partial charge in [0.25, 0.3) is 5.91 Å². The Labute approximate surface area is 214 Å². The summed E-state index contributed by atoms with van der Waals surface area (Å²) in [5.74, 6) is 0.219. The number of nitrogens with zero attached hydrogens (tertiary/aromatic N) is 6. The van der Waals surface area contributed by atoms with Crippen molar-refractivity contribution in [3.05, 3.63) is 58.1 Å². The van der Waals surface area contributed by atoms with E-state index in [1.165, 1.54) is 6.33 Å². The van der Waals surface area contributed by atoms with Crippen molar-refractivity contribution in [1.82, 2.24) is 24.8 Å². The normalized spacial score (nSPS) is 14.1. The molecule has 1 fully saturated rings. The van der Waals surface area contributed by atoms with Crippen molar-refractivity contribution in [1.29, 1.82) is 5.26 Å². The summed E-state index contributed by atoms with van der Waals surface area (Å²) in [5, 5.41) is 9.32. The van der Waals surface area contributed by atoms with E-state index in [-0.39, 0.29) is 21.5 Å². The van der Waals surface area contributed by atoms with Crippen LogP contribution in [-0.2, 0) is 6.42 Å². The molecular weight excluding hydrogens is 485 g/mol. The van der Waals surface area contributed by atoms with Gasteiger partial charge in [-0.15, -0.1) is 0 Å². The van der Waals surface area contributed by atoms with Gasteiger partial charge in [0, 0.05) is 62.0 Å². The second-order valence-corrected chi connectivity index (χ2v) is 9.04. The third-order valence-electron chi connectivity index (χ3n) is 6.06. The molecule has 1 aliphatic rings. The highest BCUT2D eigenvalue weighted by Gasteiger charge is 2.26. The molecule has 4 rings (SSSR count). The molecule has 0 radical (unpaired) electrons. The van der Waals surface area contributed by atoms with E-state index in [9.17, 15) is 4.79 Å². The zero-order chi connectivity index (χ0) is 24.9. The topological polar surface area (TPSA) is 112 Å². The number of carbonyl (C=O) groups excluding carboxylic acids is 1. The number of rotatable bonds is 6. The second-order valence-electron chi connectivity index (χ2n) is 8.23. The van der Waals surface area contributed by atoms with Crippen molar-refractivity contribution in [2.45, 2.75) is 19.8 Å². The number of anilines is 1. The molecular formula is C25H25Cl2N7O. The van der Waals surface area contributed by atoms with Gasteiger partial charge in [0.2, 0.25) is 0 Å². The highest BCUT2D eigenvalue weighted by Crippen LogP contribution is 2.37. The van der Waals surface area contributed by atoms with E-state index < -0.39 is 0 Å². The minimum absolute atomic E-state index is 0.202. The number of aryl methyl sites for hydroxylation is 1. The number of pyridine rings is 1. The van der Waals surface area contributed by atoms with Crippen LogP contribution in [0, 0.1) is 11.3 Å². The van der Waals surface area contributed by atoms with Gasteiger partial charge in [0.1, 0.15) is 12.1 Å². The number of nitrogens with two attached hydrogens (primary N) is 1. The van der Waals surface area contributed by atoms with Crippen molar-refractivity contribution in [2.24, 2.45) is 0 Å². The Kier molecular flexibility index (Phi) is 7.81. The van der Waals surface area contributed by atoms with Gasteiger partial charge in [-0.3, -0.25) is 9.69 Å². The summed E-state index contributed by atoms with van der Waals surface area (Å²) in [7, 11) is 0. The Bertz CT molecular complexity index is 1240. The smallest absolute Gasteiger partial charge is 0.256 e. The lowest BCUT2D eigenvalue weighted by Gasteiger charge is -2.34. The molecule has 1 aromatic carbocycles. The average molecular weight is 510 g/mol. The highest BCUT2D eigenvalue weighted by atomic mass is 35.5. The number of piperazine rings is 1. The van der Waals surface area contributed by atoms with Crippen molar-refractivity contribution < 1.29 is 4.79 Å². The molecule has 0 atom stereocenters. The molecule has 0 saturated carbocycles. The van der Waals surface area contributed by atoms with Gasteiger partial charge in [0.15, 0.2) is 0 Å². The second kappa shape index (κ2) is 11.0. The van der Waals surface area contributed by atoms with Crippen LogP contribution in [0.2, 0.25) is 10.0 Å². The Morgan fingerprint density at radius 3 is 2.40 bits per heavy atom. The summed E-state index contributed by atoms with van der Waals surface area (Å²) in [6.45, 7) is 5.25. The van der Waals surface area contributed by atoms with Crippen LogP contribution in [0.15, 0.2) is 36.8 Å². The van der Waals surface area contributed by atoms with Crippen LogP contribution in [0.5, 0.6) is 0 Å². The van der Waals surface area contributed by atoms with E-state index in [1.807, 2.05) is 13.0 Å². The van der Waals surface area contributed by atoms with Crippen LogP contribution in [0.25, 0.3) is 22.4 Å². The molecule has 0 spiro atoms. The van der Waals surface area contributed by atoms with E-state index in [4.69, 9.17) is 34.2 Å². The number of hydrogen-bond acceptors (Lipinski definition) is 7. The first-order valence-electron chi connectivity index (χ1n) is 11.4. The highest BCUT2D eigenvalue weighted by molar-refractivity contribution is 6.40. The fourth-order valence-electron chi connectivity index (χ4n) is 4.22. The summed E-state index contributed by atoms with van der Waals surface area (Å²) >= 11 is 13.3. The summed E-state index contributed by atoms with van der Waals surface area (Å²) in [6.07, 6.45) is 4.36. The van der Waals surface area contributed by atoms with Crippen molar-refractivity contribution in [2.75, 3.05) is 38.5 Å². The Morgan fingerprint density at radius 1 is 1.09 bits per heavy atom. The maximum absolute atomic E-state index is 13.3. The van der Waals surface area contributed by atoms with E-state index >= 15 is 0 Å². The van der Waals surface area contributed by atoms with Crippen LogP contribution in [0.1, 0.15) is 29.4 Å². The van der Waals surface area contributed by atoms with Crippen LogP contribution in [-0.4, -0.2) is 63.4 Å². The molecule has 3 aromatic rings. The zero-order valence-corrected chi connectivity index (χ0v) is 20.9. The lowest BCUT2D eigenvalue weighted by molar-refractivity contribution is 0.0640. The molecule has 3 heterocycles. The number of halogens is 2. The minimum Gasteiger partial charge on any atom is -0.384 e. The molecule has 180 valence electrons. The molecule has 0 aliphatic carbocycles. The molecule has 8 nitrogen and oxygen atoms in total. The third-order valence-corrected chi connectivity index (χ3v) is 6.66. The maximum atomic E-state index is 13.3. The molecule has 35 heavy (non-hydrogen) atoms. The van der Waals surface area contributed by atoms with Crippen LogP contribution < -0.4 is 5.73 Å². The predicted molar refractivity (Wildman–Crippen MR) is 137 cm³/mol. The monoisotopic (exact) mass is 509 g/mol. The van der Waals surface area contributed by atoms with Crippen LogP contribution >= 0.6 is 23.2 Å². The Balaban J connectivity index is 1.66. The molecule has 1 amide bonds. The molecule has 2 N–H and O–H groups in total. The summed E-state index contributed by atoms with van der Waals surface area (Å²) in [6, 6.07) is 9.21. The number of carbonyl (C=O) groups is 1. The average Bonchev–Trinajstić information content (AvgIpc) is 2.87. The lowest BCUT2D eigenvalue weighted by Crippen LogP contribution is -2.48. The lowest BCUT2D eigenvalue weighted by atomic mass is 9.97. The van der Waals surface area contributed by atoms with Crippen molar-refractivity contribution >= 4 is 34.9 Å². The maximum Gasteiger partial charge on any atom is 0.256 e. The summed E-state index contributed by atoms with van der Waals surface area (Å²) in [5.41, 5.74) is 9.88. The largest absolute Gasteiger partial charge is 0.384 e. The van der Waals surface area contributed by atoms with Crippen LogP contribution in [0.3, 0.4) is 0 Å². The van der Waals surface area contributed by atoms with Gasteiger partial charge in [-0.1, -0.05) is 30.1 Å². The van der Waals surface area contributed by atoms with E-state index in [0.29, 0.717) is 62.6 Å². The van der Waals surface area contributed by atoms with Crippen molar-refractivity contribution in [3.8, 4) is 28.5 Å². The number of nitrogen functional groups attached to an aromatic ring is 1. The predicted octanol–water partition coefficient (Wildman–Crippen LogP) is 4.33. The standard InChI is InChI=1S/C25H25Cl2N7O/c1-2-20-22(16-4-5-21(29)30-14-16)24(32-15-31-20)17-12-18(26)23(19(27)13-17)25(35)34-10-8-33(9-11-34)7-3-6-28/h4-5,12-15H,2-3,7-11H2,1H3,(H2,29,30). The summed E-state index contributed by atoms with van der Waals surface area (Å²) in [4.78, 5) is 30.4. The van der Waals surface area contributed by atoms with Gasteiger partial charge < -0.3 is 10.6 Å². The quantitative estimate of drug-likeness (QED) is 0.525. The Morgan fingerprint density at radius 2 is 1.80 bits per heavy atom. The molecule has 1 saturated heterocycles. The first-order valence-corrected chi connectivity index (χ1v) is 12.1. The Hall–Kier alpha value is -3.25. The van der Waals surface area contributed by atoms with E-state index in [0.717, 1.165) is 16.8 Å². The molecule has 0 bridgehead atoms. The number of aromatic nitrogens is 3. The number of hydrogen-bond donors (Lipinski definition) is 1. The van der Waals surface area contributed by atoms with Gasteiger partial charge in [-0.25, -0.2) is 15.0 Å². The number of nitriles is 1. The van der Waals surface area contributed by atoms with Gasteiger partial charge in [0.05, 0.1) is 33.1 Å². The first-order chi connectivity index (χ1) is 16.9. The molecule has 0 unspecified atom stereocenters. The SMILES string of the molecule is CCc1ncnc(-c2cc(Cl)c(C(=O)N3CCN(CCC#N)CC3)c(Cl)c2)c1-c1ccc(N)nc1. The summed E-state index contributed by atoms with van der Waals surface area (Å²) < 4.78 is 0. The number of benzene rings is 1. The fraction of sp³-hybridized carbons (Fsp3) is 0.320. The molecule has 2 aromatic heterocycles. The first kappa shape index (κ1) is 24.9. The van der Waals surface area contributed by atoms with E-state index in [2.05, 4.69) is 25.9 Å². The fourth-order valence-corrected chi connectivity index (χ4v) is 4.87. The molecule has 1 aliphatic heterocycles. The van der Waals surface area contributed by atoms with Gasteiger partial charge in [-0.05, 0) is 30.7 Å². The third kappa shape index (κ3) is 5.38. The minimum atomic E-state index is -0.202. The van der Waals surface area contributed by atoms with Gasteiger partial charge in [-0.2, -0.15) is 5.26 Å². The zero-order valence-electron chi connectivity index (χ0n) is 19.3. The van der Waals surface area contributed by atoms with Gasteiger partial charge >= 0.3 is 0 Å².